The largest absolute Gasteiger partial charge is 0.455 e. The fourth-order valence-corrected chi connectivity index (χ4v) is 4.83. The smallest absolute Gasteiger partial charge is 0.255 e. The average molecular weight is 517 g/mol. The van der Waals surface area contributed by atoms with Crippen molar-refractivity contribution in [2.24, 2.45) is 0 Å². The Kier molecular flexibility index (Phi) is 6.04. The lowest BCUT2D eigenvalue weighted by atomic mass is 9.97. The van der Waals surface area contributed by atoms with Gasteiger partial charge >= 0.3 is 0 Å². The summed E-state index contributed by atoms with van der Waals surface area (Å²) in [4.78, 5) is 24.5. The number of hydrogen-bond acceptors (Lipinski definition) is 5. The Labute approximate surface area is 224 Å². The molecular weight excluding hydrogens is 491 g/mol. The number of para-hydroxylation sites is 1. The van der Waals surface area contributed by atoms with E-state index in [0.717, 1.165) is 33.3 Å². The Morgan fingerprint density at radius 3 is 2.44 bits per heavy atom. The molecule has 0 aliphatic carbocycles. The molecule has 192 valence electrons. The van der Waals surface area contributed by atoms with Crippen LogP contribution in [-0.4, -0.2) is 37.0 Å². The Morgan fingerprint density at radius 2 is 1.67 bits per heavy atom. The second-order valence-electron chi connectivity index (χ2n) is 9.49. The van der Waals surface area contributed by atoms with Gasteiger partial charge in [0, 0.05) is 66.6 Å². The number of amides is 1. The van der Waals surface area contributed by atoms with Gasteiger partial charge in [0.25, 0.3) is 5.91 Å². The van der Waals surface area contributed by atoms with Crippen LogP contribution in [0.5, 0.6) is 0 Å². The van der Waals surface area contributed by atoms with Crippen molar-refractivity contribution in [3.63, 3.8) is 0 Å². The molecule has 6 rings (SSSR count). The molecule has 0 bridgehead atoms. The second-order valence-corrected chi connectivity index (χ2v) is 9.49. The first-order valence-electron chi connectivity index (χ1n) is 12.5. The number of carbonyl (C=O) groups excluding carboxylic acids is 1. The highest BCUT2D eigenvalue weighted by Gasteiger charge is 2.24. The standard InChI is InChI=1S/C32H25FN4O2/c1-34-32(38)29-25-16-24(27(37(2)3)17-28(25)39-30(29)19-11-13-23(33)14-12-19)20-8-6-9-21(15-20)31-35-18-22-7-4-5-10-26(22)36-31/h4-18H,1-3H3,(H,34,38). The first-order chi connectivity index (χ1) is 18.9. The van der Waals surface area contributed by atoms with Gasteiger partial charge in [0.2, 0.25) is 0 Å². The minimum atomic E-state index is -0.358. The minimum Gasteiger partial charge on any atom is -0.455 e. The number of anilines is 1. The van der Waals surface area contributed by atoms with E-state index in [2.05, 4.69) is 16.4 Å². The molecule has 0 fully saturated rings. The molecule has 0 radical (unpaired) electrons. The summed E-state index contributed by atoms with van der Waals surface area (Å²) in [5.74, 6) is 0.388. The molecular formula is C32H25FN4O2. The summed E-state index contributed by atoms with van der Waals surface area (Å²) < 4.78 is 19.9. The number of hydrogen-bond donors (Lipinski definition) is 1. The maximum absolute atomic E-state index is 13.6. The molecule has 2 heterocycles. The topological polar surface area (TPSA) is 71.3 Å². The van der Waals surface area contributed by atoms with Crippen molar-refractivity contribution in [2.75, 3.05) is 26.0 Å². The molecule has 0 saturated carbocycles. The number of nitrogens with zero attached hydrogens (tertiary/aromatic N) is 3. The van der Waals surface area contributed by atoms with Crippen LogP contribution in [0.15, 0.2) is 95.5 Å². The van der Waals surface area contributed by atoms with Gasteiger partial charge in [-0.05, 0) is 48.0 Å². The highest BCUT2D eigenvalue weighted by Crippen LogP contribution is 2.41. The van der Waals surface area contributed by atoms with Crippen LogP contribution in [0, 0.1) is 5.82 Å². The summed E-state index contributed by atoms with van der Waals surface area (Å²) in [5.41, 5.74) is 6.14. The fraction of sp³-hybridized carbons (Fsp3) is 0.0938. The summed E-state index contributed by atoms with van der Waals surface area (Å²) in [6, 6.07) is 25.8. The predicted octanol–water partition coefficient (Wildman–Crippen LogP) is 6.94. The molecule has 4 aromatic carbocycles. The molecule has 7 heteroatoms. The maximum atomic E-state index is 13.6. The van der Waals surface area contributed by atoms with Crippen molar-refractivity contribution in [1.29, 1.82) is 0 Å². The Hall–Kier alpha value is -5.04. The van der Waals surface area contributed by atoms with Crippen LogP contribution in [-0.2, 0) is 0 Å². The van der Waals surface area contributed by atoms with Crippen LogP contribution in [0.3, 0.4) is 0 Å². The van der Waals surface area contributed by atoms with E-state index in [1.165, 1.54) is 12.1 Å². The van der Waals surface area contributed by atoms with Crippen molar-refractivity contribution < 1.29 is 13.6 Å². The number of furan rings is 1. The van der Waals surface area contributed by atoms with E-state index in [-0.39, 0.29) is 11.7 Å². The quantitative estimate of drug-likeness (QED) is 0.269. The lowest BCUT2D eigenvalue weighted by Crippen LogP contribution is -2.18. The molecule has 6 nitrogen and oxygen atoms in total. The van der Waals surface area contributed by atoms with Crippen molar-refractivity contribution >= 4 is 33.5 Å². The van der Waals surface area contributed by atoms with Gasteiger partial charge in [-0.15, -0.1) is 0 Å². The summed E-state index contributed by atoms with van der Waals surface area (Å²) in [7, 11) is 5.51. The highest BCUT2D eigenvalue weighted by molar-refractivity contribution is 6.13. The van der Waals surface area contributed by atoms with Crippen molar-refractivity contribution in [1.82, 2.24) is 15.3 Å². The zero-order chi connectivity index (χ0) is 27.1. The first kappa shape index (κ1) is 24.3. The van der Waals surface area contributed by atoms with E-state index in [0.29, 0.717) is 33.7 Å². The first-order valence-corrected chi connectivity index (χ1v) is 12.5. The molecule has 2 aromatic heterocycles. The van der Waals surface area contributed by atoms with E-state index >= 15 is 0 Å². The molecule has 0 atom stereocenters. The van der Waals surface area contributed by atoms with Crippen LogP contribution < -0.4 is 10.2 Å². The highest BCUT2D eigenvalue weighted by atomic mass is 19.1. The van der Waals surface area contributed by atoms with Crippen LogP contribution in [0.1, 0.15) is 10.4 Å². The molecule has 1 N–H and O–H groups in total. The molecule has 0 unspecified atom stereocenters. The lowest BCUT2D eigenvalue weighted by molar-refractivity contribution is 0.0964. The Morgan fingerprint density at radius 1 is 0.897 bits per heavy atom. The summed E-state index contributed by atoms with van der Waals surface area (Å²) in [6.07, 6.45) is 1.83. The number of aromatic nitrogens is 2. The number of benzene rings is 4. The van der Waals surface area contributed by atoms with Crippen molar-refractivity contribution in [2.45, 2.75) is 0 Å². The van der Waals surface area contributed by atoms with Gasteiger partial charge in [0.1, 0.15) is 17.2 Å². The van der Waals surface area contributed by atoms with E-state index < -0.39 is 0 Å². The number of halogens is 1. The lowest BCUT2D eigenvalue weighted by Gasteiger charge is -2.18. The van der Waals surface area contributed by atoms with Gasteiger partial charge in [0.15, 0.2) is 5.82 Å². The predicted molar refractivity (Wildman–Crippen MR) is 153 cm³/mol. The van der Waals surface area contributed by atoms with E-state index in [1.807, 2.05) is 79.8 Å². The third kappa shape index (κ3) is 4.38. The number of carbonyl (C=O) groups is 1. The summed E-state index contributed by atoms with van der Waals surface area (Å²) in [6.45, 7) is 0. The normalized spacial score (nSPS) is 11.2. The Balaban J connectivity index is 1.55. The minimum absolute atomic E-state index is 0.282. The number of nitrogens with one attached hydrogen (secondary N) is 1. The molecule has 1 amide bonds. The van der Waals surface area contributed by atoms with Crippen LogP contribution in [0.2, 0.25) is 0 Å². The third-order valence-corrected chi connectivity index (χ3v) is 6.77. The number of rotatable bonds is 5. The maximum Gasteiger partial charge on any atom is 0.255 e. The SMILES string of the molecule is CNC(=O)c1c(-c2ccc(F)cc2)oc2cc(N(C)C)c(-c3cccc(-c4ncc5ccccc5n4)c3)cc12. The monoisotopic (exact) mass is 516 g/mol. The zero-order valence-electron chi connectivity index (χ0n) is 21.7. The third-order valence-electron chi connectivity index (χ3n) is 6.77. The molecule has 0 spiro atoms. The van der Waals surface area contributed by atoms with Crippen LogP contribution in [0.25, 0.3) is 55.7 Å². The second kappa shape index (κ2) is 9.68. The van der Waals surface area contributed by atoms with E-state index in [9.17, 15) is 9.18 Å². The molecule has 0 saturated heterocycles. The van der Waals surface area contributed by atoms with Gasteiger partial charge in [-0.25, -0.2) is 14.4 Å². The zero-order valence-corrected chi connectivity index (χ0v) is 21.7. The van der Waals surface area contributed by atoms with E-state index in [4.69, 9.17) is 9.40 Å². The van der Waals surface area contributed by atoms with E-state index in [1.54, 1.807) is 19.2 Å². The van der Waals surface area contributed by atoms with Gasteiger partial charge in [-0.3, -0.25) is 4.79 Å². The summed E-state index contributed by atoms with van der Waals surface area (Å²) in [5, 5.41) is 4.37. The number of fused-ring (bicyclic) bond motifs is 2. The molecule has 0 aliphatic heterocycles. The van der Waals surface area contributed by atoms with Gasteiger partial charge in [0.05, 0.1) is 11.1 Å². The van der Waals surface area contributed by atoms with Gasteiger partial charge < -0.3 is 14.6 Å². The summed E-state index contributed by atoms with van der Waals surface area (Å²) >= 11 is 0. The van der Waals surface area contributed by atoms with Crippen LogP contribution >= 0.6 is 0 Å². The van der Waals surface area contributed by atoms with Gasteiger partial charge in [-0.2, -0.15) is 0 Å². The van der Waals surface area contributed by atoms with Crippen molar-refractivity contribution in [3.8, 4) is 33.8 Å². The molecule has 39 heavy (non-hydrogen) atoms. The molecule has 0 aliphatic rings. The average Bonchev–Trinajstić information content (AvgIpc) is 3.34. The fourth-order valence-electron chi connectivity index (χ4n) is 4.83. The van der Waals surface area contributed by atoms with Gasteiger partial charge in [-0.1, -0.05) is 36.4 Å². The Bertz CT molecular complexity index is 1860. The van der Waals surface area contributed by atoms with Crippen LogP contribution in [0.4, 0.5) is 10.1 Å². The van der Waals surface area contributed by atoms with Crippen molar-refractivity contribution in [3.05, 3.63) is 103 Å². The molecule has 6 aromatic rings.